The van der Waals surface area contributed by atoms with Crippen molar-refractivity contribution in [2.24, 2.45) is 11.8 Å². The average molecular weight is 659 g/mol. The van der Waals surface area contributed by atoms with Crippen molar-refractivity contribution >= 4 is 35.6 Å². The Morgan fingerprint density at radius 2 is 1.89 bits per heavy atom. The van der Waals surface area contributed by atoms with Crippen LogP contribution in [0.3, 0.4) is 0 Å². The highest BCUT2D eigenvalue weighted by Crippen LogP contribution is 2.41. The Morgan fingerprint density at radius 1 is 1.13 bits per heavy atom. The van der Waals surface area contributed by atoms with Gasteiger partial charge in [-0.05, 0) is 87.6 Å². The smallest absolute Gasteiger partial charge is 0.410 e. The van der Waals surface area contributed by atoms with E-state index in [-0.39, 0.29) is 35.6 Å². The molecule has 2 aromatic heterocycles. The van der Waals surface area contributed by atoms with Crippen molar-refractivity contribution in [3.05, 3.63) is 78.5 Å². The molecular formula is C37H50N6O3S. The molecule has 47 heavy (non-hydrogen) atoms. The molecule has 2 saturated heterocycles. The van der Waals surface area contributed by atoms with E-state index in [4.69, 9.17) is 14.7 Å². The first-order valence-electron chi connectivity index (χ1n) is 16.7. The number of hydrogen-bond donors (Lipinski definition) is 2. The van der Waals surface area contributed by atoms with Gasteiger partial charge in [0, 0.05) is 54.3 Å². The molecule has 252 valence electrons. The first-order chi connectivity index (χ1) is 22.3. The van der Waals surface area contributed by atoms with E-state index in [1.165, 1.54) is 11.9 Å². The zero-order valence-electron chi connectivity index (χ0n) is 28.6. The van der Waals surface area contributed by atoms with Gasteiger partial charge in [0.05, 0.1) is 5.56 Å². The van der Waals surface area contributed by atoms with E-state index in [2.05, 4.69) is 62.7 Å². The van der Waals surface area contributed by atoms with Gasteiger partial charge in [-0.25, -0.2) is 14.8 Å². The van der Waals surface area contributed by atoms with E-state index in [0.29, 0.717) is 35.5 Å². The van der Waals surface area contributed by atoms with Crippen LogP contribution in [0.2, 0.25) is 0 Å². The monoisotopic (exact) mass is 658 g/mol. The number of anilines is 2. The molecule has 3 aliphatic heterocycles. The molecule has 4 bridgehead atoms. The van der Waals surface area contributed by atoms with Crippen molar-refractivity contribution in [1.29, 1.82) is 0 Å². The van der Waals surface area contributed by atoms with Gasteiger partial charge in [0.25, 0.3) is 5.91 Å². The molecule has 3 aliphatic rings. The number of amides is 2. The van der Waals surface area contributed by atoms with Crippen LogP contribution in [0.5, 0.6) is 0 Å². The second kappa shape index (κ2) is 14.5. The summed E-state index contributed by atoms with van der Waals surface area (Å²) in [7, 11) is 0. The van der Waals surface area contributed by atoms with Crippen LogP contribution in [0.4, 0.5) is 16.4 Å². The summed E-state index contributed by atoms with van der Waals surface area (Å²) >= 11 is 1.22. The molecule has 2 aromatic rings. The highest BCUT2D eigenvalue weighted by molar-refractivity contribution is 7.97. The zero-order valence-corrected chi connectivity index (χ0v) is 29.4. The highest BCUT2D eigenvalue weighted by atomic mass is 32.2. The maximum absolute atomic E-state index is 13.6. The molecule has 5 rings (SSSR count). The summed E-state index contributed by atoms with van der Waals surface area (Å²) in [5, 5.41) is 4.48. The normalized spacial score (nSPS) is 22.0. The number of rotatable bonds is 5. The van der Waals surface area contributed by atoms with Crippen LogP contribution >= 0.6 is 11.9 Å². The minimum Gasteiger partial charge on any atom is -0.445 e. The summed E-state index contributed by atoms with van der Waals surface area (Å²) in [5.74, 6) is 2.20. The third-order valence-corrected chi connectivity index (χ3v) is 10.2. The predicted molar refractivity (Wildman–Crippen MR) is 191 cm³/mol. The van der Waals surface area contributed by atoms with Gasteiger partial charge in [-0.15, -0.1) is 0 Å². The lowest BCUT2D eigenvalue weighted by molar-refractivity contribution is 0.0921. The Labute approximate surface area is 284 Å². The van der Waals surface area contributed by atoms with E-state index in [1.54, 1.807) is 23.1 Å². The number of nitrogens with one attached hydrogen (secondary N) is 2. The third kappa shape index (κ3) is 8.58. The van der Waals surface area contributed by atoms with Crippen molar-refractivity contribution < 1.29 is 14.3 Å². The van der Waals surface area contributed by atoms with Gasteiger partial charge in [0.15, 0.2) is 0 Å². The van der Waals surface area contributed by atoms with Crippen molar-refractivity contribution in [3.63, 3.8) is 0 Å². The molecular weight excluding hydrogens is 609 g/mol. The van der Waals surface area contributed by atoms with E-state index in [9.17, 15) is 9.59 Å². The van der Waals surface area contributed by atoms with Gasteiger partial charge in [-0.1, -0.05) is 58.2 Å². The van der Waals surface area contributed by atoms with Gasteiger partial charge in [-0.2, -0.15) is 0 Å². The molecule has 0 saturated carbocycles. The topological polar surface area (TPSA) is 99.7 Å². The van der Waals surface area contributed by atoms with Gasteiger partial charge in [0.2, 0.25) is 0 Å². The average Bonchev–Trinajstić information content (AvgIpc) is 3.36. The van der Waals surface area contributed by atoms with E-state index < -0.39 is 0 Å². The molecule has 2 amide bonds. The van der Waals surface area contributed by atoms with E-state index >= 15 is 0 Å². The number of carbonyl (C=O) groups excluding carboxylic acids is 2. The number of piperidine rings is 1. The lowest BCUT2D eigenvalue weighted by Gasteiger charge is -2.36. The number of pyridine rings is 2. The quantitative estimate of drug-likeness (QED) is 0.251. The Kier molecular flexibility index (Phi) is 10.7. The second-order valence-corrected chi connectivity index (χ2v) is 15.5. The highest BCUT2D eigenvalue weighted by Gasteiger charge is 2.41. The number of likely N-dealkylation sites (tertiary alicyclic amines) is 1. The largest absolute Gasteiger partial charge is 0.445 e. The number of carbonyl (C=O) groups is 2. The maximum atomic E-state index is 13.6. The molecule has 0 radical (unpaired) electrons. The summed E-state index contributed by atoms with van der Waals surface area (Å²) in [6.07, 6.45) is 9.75. The van der Waals surface area contributed by atoms with Gasteiger partial charge in [-0.3, -0.25) is 9.52 Å². The van der Waals surface area contributed by atoms with Gasteiger partial charge >= 0.3 is 6.09 Å². The minimum absolute atomic E-state index is 0.145. The first-order valence-corrected chi connectivity index (χ1v) is 17.5. The fourth-order valence-electron chi connectivity index (χ4n) is 6.92. The van der Waals surface area contributed by atoms with E-state index in [0.717, 1.165) is 61.6 Å². The summed E-state index contributed by atoms with van der Waals surface area (Å²) in [4.78, 5) is 40.6. The lowest BCUT2D eigenvalue weighted by atomic mass is 9.84. The zero-order chi connectivity index (χ0) is 33.8. The molecule has 0 spiro atoms. The van der Waals surface area contributed by atoms with E-state index in [1.807, 2.05) is 30.3 Å². The van der Waals surface area contributed by atoms with Gasteiger partial charge < -0.3 is 19.9 Å². The van der Waals surface area contributed by atoms with Crippen LogP contribution < -0.4 is 14.9 Å². The predicted octanol–water partition coefficient (Wildman–Crippen LogP) is 7.54. The van der Waals surface area contributed by atoms with Crippen LogP contribution in [-0.2, 0) is 10.2 Å². The first kappa shape index (κ1) is 34.5. The van der Waals surface area contributed by atoms with Gasteiger partial charge in [0.1, 0.15) is 23.3 Å². The molecule has 5 heterocycles. The number of fused-ring (bicyclic) bond motifs is 6. The molecule has 10 heteroatoms. The number of hydrogen-bond acceptors (Lipinski definition) is 8. The maximum Gasteiger partial charge on any atom is 0.410 e. The van der Waals surface area contributed by atoms with Crippen molar-refractivity contribution in [1.82, 2.24) is 19.6 Å². The number of nitrogens with zero attached hydrogens (tertiary/aromatic N) is 4. The SMILES string of the molecule is C=C/C=C\C(=C)COC(=O)N1CCC(C2CCC3CN(c4nc(C(C)(C)C)ccc4C(=O)NSc4cccc(n4)N2)C(C)(C)C3)CC1. The fraction of sp³-hybridized carbons (Fsp3) is 0.514. The Bertz CT molecular complexity index is 1510. The molecule has 2 N–H and O–H groups in total. The second-order valence-electron chi connectivity index (χ2n) is 14.7. The van der Waals surface area contributed by atoms with Crippen LogP contribution in [0.15, 0.2) is 72.3 Å². The number of aromatic nitrogens is 2. The summed E-state index contributed by atoms with van der Waals surface area (Å²) in [6.45, 7) is 20.9. The van der Waals surface area contributed by atoms with Crippen LogP contribution in [0.25, 0.3) is 0 Å². The van der Waals surface area contributed by atoms with Crippen LogP contribution in [0, 0.1) is 11.8 Å². The fourth-order valence-corrected chi connectivity index (χ4v) is 7.52. The lowest BCUT2D eigenvalue weighted by Crippen LogP contribution is -2.43. The number of ether oxygens (including phenoxy) is 1. The third-order valence-electron chi connectivity index (χ3n) is 9.51. The summed E-state index contributed by atoms with van der Waals surface area (Å²) < 4.78 is 8.56. The van der Waals surface area contributed by atoms with Crippen molar-refractivity contribution in [2.75, 3.05) is 36.5 Å². The summed E-state index contributed by atoms with van der Waals surface area (Å²) in [6, 6.07) is 9.97. The summed E-state index contributed by atoms with van der Waals surface area (Å²) in [5.41, 5.74) is 1.98. The minimum atomic E-state index is -0.295. The van der Waals surface area contributed by atoms with Crippen molar-refractivity contribution in [2.45, 2.75) is 88.7 Å². The Balaban J connectivity index is 1.35. The number of allylic oxidation sites excluding steroid dienone is 2. The van der Waals surface area contributed by atoms with Crippen LogP contribution in [-0.4, -0.2) is 64.7 Å². The molecule has 2 atom stereocenters. The molecule has 2 fully saturated rings. The standard InChI is InChI=1S/C37H50N6O3S/c1-8-9-11-25(2)24-46-35(45)42-20-18-27(19-21-42)29-16-14-26-22-37(6,7)43(23-26)33-28(15-17-30(39-33)36(3,4)5)34(44)41-47-32-13-10-12-31(38-29)40-32/h8-13,15,17,26-27,29H,1-2,14,16,18-24H2,3-7H3,(H,38,40)(H,41,44)/b11-9-. The Hall–Kier alpha value is -3.79. The molecule has 9 nitrogen and oxygen atoms in total. The Morgan fingerprint density at radius 3 is 2.62 bits per heavy atom. The molecule has 0 aliphatic carbocycles. The van der Waals surface area contributed by atoms with Crippen molar-refractivity contribution in [3.8, 4) is 0 Å². The molecule has 2 unspecified atom stereocenters. The molecule has 0 aromatic carbocycles. The van der Waals surface area contributed by atoms with Crippen LogP contribution in [0.1, 0.15) is 82.8 Å².